The van der Waals surface area contributed by atoms with Gasteiger partial charge in [-0.25, -0.2) is 0 Å². The Hall–Kier alpha value is -7.76. The van der Waals surface area contributed by atoms with Crippen LogP contribution in [0.2, 0.25) is 0 Å². The molecule has 300 valence electrons. The van der Waals surface area contributed by atoms with Crippen molar-refractivity contribution in [1.82, 2.24) is 9.13 Å². The molecule has 0 aliphatic rings. The lowest BCUT2D eigenvalue weighted by molar-refractivity contribution is 1.17. The molecule has 0 amide bonds. The van der Waals surface area contributed by atoms with Crippen molar-refractivity contribution in [1.29, 1.82) is 0 Å². The Morgan fingerprint density at radius 3 is 1.42 bits per heavy atom. The molecule has 0 fully saturated rings. The molecule has 0 bridgehead atoms. The fourth-order valence-electron chi connectivity index (χ4n) is 10.7. The van der Waals surface area contributed by atoms with E-state index in [9.17, 15) is 0 Å². The maximum absolute atomic E-state index is 2.95. The number of hydrogen-bond acceptors (Lipinski definition) is 1. The van der Waals surface area contributed by atoms with E-state index in [-0.39, 0.29) is 0 Å². The highest BCUT2D eigenvalue weighted by atomic mass is 32.1. The van der Waals surface area contributed by atoms with E-state index < -0.39 is 8.07 Å². The monoisotopic (exact) mass is 848 g/mol. The molecule has 0 saturated carbocycles. The molecule has 0 radical (unpaired) electrons. The highest BCUT2D eigenvalue weighted by Crippen LogP contribution is 2.40. The van der Waals surface area contributed by atoms with Gasteiger partial charge in [0, 0.05) is 53.1 Å². The lowest BCUT2D eigenvalue weighted by Crippen LogP contribution is -2.74. The number of aromatic nitrogens is 2. The van der Waals surface area contributed by atoms with Crippen LogP contribution in [-0.4, -0.2) is 17.2 Å². The summed E-state index contributed by atoms with van der Waals surface area (Å²) in [6, 6.07) is 90.6. The van der Waals surface area contributed by atoms with Gasteiger partial charge < -0.3 is 9.13 Å². The summed E-state index contributed by atoms with van der Waals surface area (Å²) in [7, 11) is -2.95. The van der Waals surface area contributed by atoms with Gasteiger partial charge in [0.1, 0.15) is 0 Å². The molecule has 0 atom stereocenters. The summed E-state index contributed by atoms with van der Waals surface area (Å²) in [5.41, 5.74) is 9.65. The standard InChI is InChI=1S/C60H40N2SSi/c1-3-20-44(21-4-1)64(45-22-5-2-6-23-45,46-24-15-18-41(38-46)48-30-17-31-53-52-29-10-14-35-59(52)63-60(48)53)47-25-16-19-42(39-47)61-57-34-13-9-28-51(57)54-40-43(36-37-58(54)61)62-55-32-11-7-26-49(55)50-27-8-12-33-56(50)62/h1-40H. The van der Waals surface area contributed by atoms with Crippen molar-refractivity contribution in [3.05, 3.63) is 243 Å². The summed E-state index contributed by atoms with van der Waals surface area (Å²) in [4.78, 5) is 0. The maximum atomic E-state index is 2.51. The fraction of sp³-hybridized carbons (Fsp3) is 0. The first-order chi connectivity index (χ1) is 31.8. The smallest absolute Gasteiger partial charge is 0.179 e. The molecular formula is C60H40N2SSi. The summed E-state index contributed by atoms with van der Waals surface area (Å²) < 4.78 is 7.56. The third-order valence-corrected chi connectivity index (χ3v) is 19.4. The van der Waals surface area contributed by atoms with E-state index in [0.717, 1.165) is 11.4 Å². The lowest BCUT2D eigenvalue weighted by Gasteiger charge is -2.35. The Balaban J connectivity index is 1.04. The second kappa shape index (κ2) is 14.7. The number of para-hydroxylation sites is 3. The molecule has 3 aromatic heterocycles. The number of thiophene rings is 1. The molecule has 4 heteroatoms. The maximum Gasteiger partial charge on any atom is 0.179 e. The molecule has 2 nitrogen and oxygen atoms in total. The number of nitrogens with zero attached hydrogens (tertiary/aromatic N) is 2. The highest BCUT2D eigenvalue weighted by Gasteiger charge is 2.42. The van der Waals surface area contributed by atoms with Crippen molar-refractivity contribution in [2.75, 3.05) is 0 Å². The Kier molecular flexibility index (Phi) is 8.45. The van der Waals surface area contributed by atoms with Crippen LogP contribution < -0.4 is 20.7 Å². The third-order valence-electron chi connectivity index (χ3n) is 13.5. The van der Waals surface area contributed by atoms with Crippen molar-refractivity contribution in [3.63, 3.8) is 0 Å². The zero-order valence-electron chi connectivity index (χ0n) is 34.9. The Labute approximate surface area is 376 Å². The van der Waals surface area contributed by atoms with E-state index in [0.29, 0.717) is 0 Å². The summed E-state index contributed by atoms with van der Waals surface area (Å²) >= 11 is 1.90. The molecule has 0 aliphatic carbocycles. The zero-order valence-corrected chi connectivity index (χ0v) is 36.7. The second-order valence-electron chi connectivity index (χ2n) is 16.8. The minimum Gasteiger partial charge on any atom is -0.309 e. The minimum absolute atomic E-state index is 1.16. The van der Waals surface area contributed by atoms with Gasteiger partial charge in [0.25, 0.3) is 0 Å². The largest absolute Gasteiger partial charge is 0.309 e. The van der Waals surface area contributed by atoms with Crippen molar-refractivity contribution >= 4 is 104 Å². The van der Waals surface area contributed by atoms with Crippen LogP contribution in [0.3, 0.4) is 0 Å². The van der Waals surface area contributed by atoms with Crippen LogP contribution in [0.1, 0.15) is 0 Å². The molecule has 10 aromatic carbocycles. The topological polar surface area (TPSA) is 9.86 Å². The first-order valence-corrected chi connectivity index (χ1v) is 24.8. The minimum atomic E-state index is -2.95. The molecule has 0 spiro atoms. The normalized spacial score (nSPS) is 12.1. The predicted octanol–water partition coefficient (Wildman–Crippen LogP) is 13.3. The van der Waals surface area contributed by atoms with E-state index >= 15 is 0 Å². The Morgan fingerprint density at radius 1 is 0.297 bits per heavy atom. The molecule has 13 rings (SSSR count). The van der Waals surface area contributed by atoms with Crippen molar-refractivity contribution in [3.8, 4) is 22.5 Å². The third kappa shape index (κ3) is 5.50. The molecule has 0 saturated heterocycles. The van der Waals surface area contributed by atoms with E-state index in [2.05, 4.69) is 252 Å². The first kappa shape index (κ1) is 36.9. The highest BCUT2D eigenvalue weighted by molar-refractivity contribution is 7.26. The van der Waals surface area contributed by atoms with Crippen LogP contribution in [0, 0.1) is 0 Å². The van der Waals surface area contributed by atoms with Gasteiger partial charge in [-0.3, -0.25) is 0 Å². The van der Waals surface area contributed by atoms with Gasteiger partial charge >= 0.3 is 0 Å². The first-order valence-electron chi connectivity index (χ1n) is 22.0. The van der Waals surface area contributed by atoms with Gasteiger partial charge in [-0.15, -0.1) is 11.3 Å². The van der Waals surface area contributed by atoms with Crippen LogP contribution in [0.5, 0.6) is 0 Å². The number of fused-ring (bicyclic) bond motifs is 9. The summed E-state index contributed by atoms with van der Waals surface area (Å²) in [5.74, 6) is 0. The SMILES string of the molecule is c1ccc([Si](c2ccccc2)(c2cccc(-c3cccc4c3sc3ccccc34)c2)c2cccc(-n3c4ccccc4c4cc(-n5c6ccccc6c6ccccc65)ccc43)c2)cc1. The Morgan fingerprint density at radius 2 is 0.766 bits per heavy atom. The number of benzene rings is 10. The van der Waals surface area contributed by atoms with Crippen molar-refractivity contribution in [2.24, 2.45) is 0 Å². The Bertz CT molecular complexity index is 3820. The van der Waals surface area contributed by atoms with Gasteiger partial charge in [-0.1, -0.05) is 188 Å². The zero-order chi connectivity index (χ0) is 42.2. The quantitative estimate of drug-likeness (QED) is 0.112. The average molecular weight is 849 g/mol. The van der Waals surface area contributed by atoms with Crippen LogP contribution in [0.25, 0.3) is 86.3 Å². The number of rotatable bonds is 7. The second-order valence-corrected chi connectivity index (χ2v) is 21.7. The fourth-order valence-corrected chi connectivity index (χ4v) is 16.8. The van der Waals surface area contributed by atoms with Gasteiger partial charge in [0.15, 0.2) is 8.07 Å². The molecule has 0 N–H and O–H groups in total. The van der Waals surface area contributed by atoms with E-state index in [1.807, 2.05) is 11.3 Å². The van der Waals surface area contributed by atoms with Crippen LogP contribution in [0.15, 0.2) is 243 Å². The van der Waals surface area contributed by atoms with Crippen molar-refractivity contribution < 1.29 is 0 Å². The number of hydrogen-bond donors (Lipinski definition) is 0. The summed E-state index contributed by atoms with van der Waals surface area (Å²) in [6.07, 6.45) is 0. The van der Waals surface area contributed by atoms with E-state index in [1.54, 1.807) is 0 Å². The van der Waals surface area contributed by atoms with Crippen molar-refractivity contribution in [2.45, 2.75) is 0 Å². The van der Waals surface area contributed by atoms with Gasteiger partial charge in [-0.05, 0) is 86.5 Å². The average Bonchev–Trinajstić information content (AvgIpc) is 4.03. The summed E-state index contributed by atoms with van der Waals surface area (Å²) in [5, 5.41) is 13.1. The van der Waals surface area contributed by atoms with Gasteiger partial charge in [-0.2, -0.15) is 0 Å². The van der Waals surface area contributed by atoms with E-state index in [1.165, 1.54) is 95.7 Å². The van der Waals surface area contributed by atoms with Crippen LogP contribution in [-0.2, 0) is 0 Å². The molecule has 0 aliphatic heterocycles. The van der Waals surface area contributed by atoms with E-state index in [4.69, 9.17) is 0 Å². The van der Waals surface area contributed by atoms with Gasteiger partial charge in [0.05, 0.1) is 22.1 Å². The molecule has 13 aromatic rings. The summed E-state index contributed by atoms with van der Waals surface area (Å²) in [6.45, 7) is 0. The predicted molar refractivity (Wildman–Crippen MR) is 277 cm³/mol. The molecule has 3 heterocycles. The van der Waals surface area contributed by atoms with Crippen LogP contribution in [0.4, 0.5) is 0 Å². The molecule has 64 heavy (non-hydrogen) atoms. The molecular weight excluding hydrogens is 809 g/mol. The molecule has 0 unspecified atom stereocenters. The van der Waals surface area contributed by atoms with Gasteiger partial charge in [0.2, 0.25) is 0 Å². The lowest BCUT2D eigenvalue weighted by atomic mass is 10.0. The van der Waals surface area contributed by atoms with Crippen LogP contribution >= 0.6 is 11.3 Å².